The van der Waals surface area contributed by atoms with Crippen molar-refractivity contribution in [1.29, 1.82) is 0 Å². The monoisotopic (exact) mass is 297 g/mol. The lowest BCUT2D eigenvalue weighted by Crippen LogP contribution is -2.24. The van der Waals surface area contributed by atoms with Gasteiger partial charge in [-0.15, -0.1) is 0 Å². The van der Waals surface area contributed by atoms with Crippen molar-refractivity contribution in [2.75, 3.05) is 30.7 Å². The normalized spacial score (nSPS) is 19.2. The van der Waals surface area contributed by atoms with Crippen LogP contribution in [0, 0.1) is 0 Å². The van der Waals surface area contributed by atoms with E-state index in [4.69, 9.17) is 17.3 Å². The molecule has 1 heterocycles. The quantitative estimate of drug-likeness (QED) is 0.723. The maximum absolute atomic E-state index is 11.8. The molecular weight excluding hydrogens is 278 g/mol. The number of benzene rings is 1. The fourth-order valence-corrected chi connectivity index (χ4v) is 2.52. The lowest BCUT2D eigenvalue weighted by Gasteiger charge is -2.14. The predicted octanol–water partition coefficient (Wildman–Crippen LogP) is 1.71. The average Bonchev–Trinajstić information content (AvgIpc) is 2.79. The number of anilines is 2. The van der Waals surface area contributed by atoms with Crippen molar-refractivity contribution in [1.82, 2.24) is 4.90 Å². The van der Waals surface area contributed by atoms with E-state index in [0.29, 0.717) is 29.4 Å². The Morgan fingerprint density at radius 2 is 2.35 bits per heavy atom. The highest BCUT2D eigenvalue weighted by Crippen LogP contribution is 2.22. The number of nitrogens with one attached hydrogen (secondary N) is 1. The standard InChI is InChI=1S/C14H20ClN3O2/c15-10-3-4-13(12(16)8-10)17-14(20)2-1-6-18-7-5-11(19)9-18/h3-4,8,11,19H,1-2,5-7,9,16H2,(H,17,20). The van der Waals surface area contributed by atoms with Crippen LogP contribution in [-0.4, -0.2) is 41.7 Å². The molecule has 1 atom stereocenters. The number of carbonyl (C=O) groups is 1. The van der Waals surface area contributed by atoms with E-state index in [1.165, 1.54) is 0 Å². The maximum Gasteiger partial charge on any atom is 0.224 e. The first kappa shape index (κ1) is 15.1. The number of nitrogens with two attached hydrogens (primary N) is 1. The molecule has 1 amide bonds. The van der Waals surface area contributed by atoms with Gasteiger partial charge in [-0.2, -0.15) is 0 Å². The number of carbonyl (C=O) groups excluding carboxylic acids is 1. The second-order valence-electron chi connectivity index (χ2n) is 5.13. The van der Waals surface area contributed by atoms with Gasteiger partial charge in [0.15, 0.2) is 0 Å². The molecule has 0 bridgehead atoms. The highest BCUT2D eigenvalue weighted by atomic mass is 35.5. The third kappa shape index (κ3) is 4.37. The molecule has 1 unspecified atom stereocenters. The fraction of sp³-hybridized carbons (Fsp3) is 0.500. The zero-order valence-electron chi connectivity index (χ0n) is 11.3. The van der Waals surface area contributed by atoms with Crippen LogP contribution in [-0.2, 0) is 4.79 Å². The summed E-state index contributed by atoms with van der Waals surface area (Å²) in [6, 6.07) is 5.01. The minimum atomic E-state index is -0.210. The van der Waals surface area contributed by atoms with Gasteiger partial charge in [-0.1, -0.05) is 11.6 Å². The lowest BCUT2D eigenvalue weighted by atomic mass is 10.2. The van der Waals surface area contributed by atoms with Gasteiger partial charge in [-0.05, 0) is 37.6 Å². The van der Waals surface area contributed by atoms with Crippen molar-refractivity contribution >= 4 is 28.9 Å². The van der Waals surface area contributed by atoms with Gasteiger partial charge in [0.2, 0.25) is 5.91 Å². The van der Waals surface area contributed by atoms with E-state index in [9.17, 15) is 9.90 Å². The third-order valence-corrected chi connectivity index (χ3v) is 3.65. The fourth-order valence-electron chi connectivity index (χ4n) is 2.34. The molecule has 1 aliphatic rings. The molecule has 5 nitrogen and oxygen atoms in total. The molecule has 1 aromatic rings. The molecule has 6 heteroatoms. The van der Waals surface area contributed by atoms with Crippen LogP contribution >= 0.6 is 11.6 Å². The number of rotatable bonds is 5. The summed E-state index contributed by atoms with van der Waals surface area (Å²) in [6.45, 7) is 2.46. The van der Waals surface area contributed by atoms with E-state index in [-0.39, 0.29) is 12.0 Å². The van der Waals surface area contributed by atoms with Crippen LogP contribution in [0.2, 0.25) is 5.02 Å². The number of likely N-dealkylation sites (tertiary alicyclic amines) is 1. The Morgan fingerprint density at radius 3 is 3.00 bits per heavy atom. The van der Waals surface area contributed by atoms with E-state index >= 15 is 0 Å². The number of aliphatic hydroxyl groups is 1. The number of amides is 1. The number of halogens is 1. The van der Waals surface area contributed by atoms with Crippen LogP contribution in [0.1, 0.15) is 19.3 Å². The van der Waals surface area contributed by atoms with Gasteiger partial charge in [-0.3, -0.25) is 4.79 Å². The van der Waals surface area contributed by atoms with Crippen LogP contribution in [0.3, 0.4) is 0 Å². The molecule has 2 rings (SSSR count). The van der Waals surface area contributed by atoms with Crippen LogP contribution < -0.4 is 11.1 Å². The van der Waals surface area contributed by atoms with Crippen LogP contribution in [0.4, 0.5) is 11.4 Å². The van der Waals surface area contributed by atoms with Crippen molar-refractivity contribution in [3.63, 3.8) is 0 Å². The SMILES string of the molecule is Nc1cc(Cl)ccc1NC(=O)CCCN1CCC(O)C1. The topological polar surface area (TPSA) is 78.6 Å². The molecule has 110 valence electrons. The molecule has 0 radical (unpaired) electrons. The van der Waals surface area contributed by atoms with Gasteiger partial charge in [-0.25, -0.2) is 0 Å². The highest BCUT2D eigenvalue weighted by Gasteiger charge is 2.19. The first-order valence-electron chi connectivity index (χ1n) is 6.80. The summed E-state index contributed by atoms with van der Waals surface area (Å²) in [5, 5.41) is 12.7. The Kier molecular flexibility index (Phi) is 5.23. The van der Waals surface area contributed by atoms with Crippen LogP contribution in [0.5, 0.6) is 0 Å². The van der Waals surface area contributed by atoms with E-state index in [2.05, 4.69) is 10.2 Å². The zero-order valence-corrected chi connectivity index (χ0v) is 12.1. The van der Waals surface area contributed by atoms with E-state index in [1.54, 1.807) is 18.2 Å². The summed E-state index contributed by atoms with van der Waals surface area (Å²) >= 11 is 5.80. The molecule has 0 spiro atoms. The van der Waals surface area contributed by atoms with Crippen molar-refractivity contribution < 1.29 is 9.90 Å². The molecular formula is C14H20ClN3O2. The van der Waals surface area contributed by atoms with Gasteiger partial charge < -0.3 is 21.1 Å². The van der Waals surface area contributed by atoms with Gasteiger partial charge in [0.1, 0.15) is 0 Å². The van der Waals surface area contributed by atoms with Gasteiger partial charge in [0, 0.05) is 24.5 Å². The van der Waals surface area contributed by atoms with Crippen molar-refractivity contribution in [3.8, 4) is 0 Å². The summed E-state index contributed by atoms with van der Waals surface area (Å²) in [5.74, 6) is -0.0567. The number of hydrogen-bond acceptors (Lipinski definition) is 4. The Morgan fingerprint density at radius 1 is 1.55 bits per heavy atom. The number of nitrogen functional groups attached to an aromatic ring is 1. The molecule has 4 N–H and O–H groups in total. The van der Waals surface area contributed by atoms with E-state index in [1.807, 2.05) is 0 Å². The minimum absolute atomic E-state index is 0.0567. The minimum Gasteiger partial charge on any atom is -0.397 e. The molecule has 0 aromatic heterocycles. The summed E-state index contributed by atoms with van der Waals surface area (Å²) in [5.41, 5.74) is 6.84. The molecule has 0 aliphatic carbocycles. The van der Waals surface area contributed by atoms with Crippen molar-refractivity contribution in [2.24, 2.45) is 0 Å². The molecule has 1 aliphatic heterocycles. The predicted molar refractivity (Wildman–Crippen MR) is 80.8 cm³/mol. The molecule has 1 aromatic carbocycles. The van der Waals surface area contributed by atoms with E-state index < -0.39 is 0 Å². The number of hydrogen-bond donors (Lipinski definition) is 3. The first-order valence-corrected chi connectivity index (χ1v) is 7.17. The average molecular weight is 298 g/mol. The Labute approximate surface area is 123 Å². The Bertz CT molecular complexity index is 481. The highest BCUT2D eigenvalue weighted by molar-refractivity contribution is 6.31. The second-order valence-corrected chi connectivity index (χ2v) is 5.56. The van der Waals surface area contributed by atoms with Gasteiger partial charge >= 0.3 is 0 Å². The molecule has 0 saturated carbocycles. The Hall–Kier alpha value is -1.30. The summed E-state index contributed by atoms with van der Waals surface area (Å²) in [6.07, 6.45) is 1.83. The largest absolute Gasteiger partial charge is 0.397 e. The second kappa shape index (κ2) is 6.92. The van der Waals surface area contributed by atoms with Crippen LogP contribution in [0.15, 0.2) is 18.2 Å². The maximum atomic E-state index is 11.8. The lowest BCUT2D eigenvalue weighted by molar-refractivity contribution is -0.116. The Balaban J connectivity index is 1.72. The van der Waals surface area contributed by atoms with E-state index in [0.717, 1.165) is 25.9 Å². The third-order valence-electron chi connectivity index (χ3n) is 3.41. The van der Waals surface area contributed by atoms with Gasteiger partial charge in [0.25, 0.3) is 0 Å². The number of β-amino-alcohol motifs (C(OH)–C–C–N with tert-alkyl or cyclic N) is 1. The summed E-state index contributed by atoms with van der Waals surface area (Å²) in [7, 11) is 0. The zero-order chi connectivity index (χ0) is 14.5. The van der Waals surface area contributed by atoms with Crippen molar-refractivity contribution in [3.05, 3.63) is 23.2 Å². The molecule has 1 saturated heterocycles. The van der Waals surface area contributed by atoms with Crippen LogP contribution in [0.25, 0.3) is 0 Å². The summed E-state index contributed by atoms with van der Waals surface area (Å²) < 4.78 is 0. The molecule has 20 heavy (non-hydrogen) atoms. The smallest absolute Gasteiger partial charge is 0.224 e. The number of nitrogens with zero attached hydrogens (tertiary/aromatic N) is 1. The molecule has 1 fully saturated rings. The summed E-state index contributed by atoms with van der Waals surface area (Å²) in [4.78, 5) is 14.0. The van der Waals surface area contributed by atoms with Crippen molar-refractivity contribution in [2.45, 2.75) is 25.4 Å². The first-order chi connectivity index (χ1) is 9.54. The van der Waals surface area contributed by atoms with Gasteiger partial charge in [0.05, 0.1) is 17.5 Å². The number of aliphatic hydroxyl groups excluding tert-OH is 1.